The summed E-state index contributed by atoms with van der Waals surface area (Å²) < 4.78 is 5.34. The molecule has 1 fully saturated rings. The van der Waals surface area contributed by atoms with E-state index in [4.69, 9.17) is 16.3 Å². The van der Waals surface area contributed by atoms with Crippen molar-refractivity contribution in [2.24, 2.45) is 11.8 Å². The summed E-state index contributed by atoms with van der Waals surface area (Å²) in [5, 5.41) is 11.1. The normalized spacial score (nSPS) is 24.8. The van der Waals surface area contributed by atoms with Crippen molar-refractivity contribution in [2.45, 2.75) is 58.3 Å². The molecule has 3 nitrogen and oxygen atoms in total. The maximum atomic E-state index is 10.0. The Morgan fingerprint density at radius 1 is 1.45 bits per heavy atom. The second-order valence-corrected chi connectivity index (χ2v) is 6.61. The predicted octanol–water partition coefficient (Wildman–Crippen LogP) is 3.71. The van der Waals surface area contributed by atoms with E-state index < -0.39 is 6.41 Å². The standard InChI is InChI=1S/C16H28ClNO2/c1-2-20-16(19)18(12-14-8-9-14)10-4-6-13-5-3-7-15(17)11-13/h11,13-14,16,19H,2-10,12H2,1H3. The highest BCUT2D eigenvalue weighted by Crippen LogP contribution is 2.31. The number of halogens is 1. The largest absolute Gasteiger partial charge is 0.356 e. The first-order valence-electron chi connectivity index (χ1n) is 8.09. The maximum absolute atomic E-state index is 10.0. The van der Waals surface area contributed by atoms with Crippen LogP contribution in [0.3, 0.4) is 0 Å². The van der Waals surface area contributed by atoms with Crippen molar-refractivity contribution in [1.29, 1.82) is 0 Å². The van der Waals surface area contributed by atoms with Crippen LogP contribution in [-0.2, 0) is 4.74 Å². The Labute approximate surface area is 127 Å². The number of hydrogen-bond donors (Lipinski definition) is 1. The average molecular weight is 302 g/mol. The van der Waals surface area contributed by atoms with Gasteiger partial charge in [-0.25, -0.2) is 0 Å². The van der Waals surface area contributed by atoms with Crippen molar-refractivity contribution < 1.29 is 9.84 Å². The Morgan fingerprint density at radius 3 is 2.90 bits per heavy atom. The zero-order chi connectivity index (χ0) is 14.4. The second kappa shape index (κ2) is 8.38. The van der Waals surface area contributed by atoms with Gasteiger partial charge in [0.1, 0.15) is 0 Å². The Hall–Kier alpha value is -0.0900. The fourth-order valence-electron chi connectivity index (χ4n) is 2.92. The molecule has 1 N–H and O–H groups in total. The van der Waals surface area contributed by atoms with Crippen LogP contribution in [0.5, 0.6) is 0 Å². The Morgan fingerprint density at radius 2 is 2.25 bits per heavy atom. The number of hydrogen-bond acceptors (Lipinski definition) is 3. The quantitative estimate of drug-likeness (QED) is 0.659. The lowest BCUT2D eigenvalue weighted by atomic mass is 9.91. The number of aliphatic hydroxyl groups is 1. The van der Waals surface area contributed by atoms with Crippen LogP contribution < -0.4 is 0 Å². The highest BCUT2D eigenvalue weighted by Gasteiger charge is 2.27. The van der Waals surface area contributed by atoms with Crippen LogP contribution in [0.2, 0.25) is 0 Å². The van der Waals surface area contributed by atoms with Crippen LogP contribution in [0.1, 0.15) is 51.9 Å². The Bertz CT molecular complexity index is 318. The Kier molecular flexibility index (Phi) is 6.82. The van der Waals surface area contributed by atoms with Gasteiger partial charge in [-0.3, -0.25) is 4.90 Å². The van der Waals surface area contributed by atoms with Gasteiger partial charge < -0.3 is 9.84 Å². The van der Waals surface area contributed by atoms with Crippen molar-refractivity contribution in [3.05, 3.63) is 11.1 Å². The lowest BCUT2D eigenvalue weighted by Gasteiger charge is -2.28. The molecule has 2 unspecified atom stereocenters. The van der Waals surface area contributed by atoms with Gasteiger partial charge >= 0.3 is 0 Å². The summed E-state index contributed by atoms with van der Waals surface area (Å²) in [4.78, 5) is 2.09. The minimum absolute atomic E-state index is 0.559. The molecule has 4 heteroatoms. The van der Waals surface area contributed by atoms with Crippen LogP contribution in [0, 0.1) is 11.8 Å². The van der Waals surface area contributed by atoms with E-state index in [1.54, 1.807) is 0 Å². The third kappa shape index (κ3) is 5.72. The first-order valence-corrected chi connectivity index (χ1v) is 8.46. The van der Waals surface area contributed by atoms with Gasteiger partial charge in [0.15, 0.2) is 0 Å². The van der Waals surface area contributed by atoms with Crippen molar-refractivity contribution in [2.75, 3.05) is 19.7 Å². The van der Waals surface area contributed by atoms with Gasteiger partial charge in [0.05, 0.1) is 0 Å². The van der Waals surface area contributed by atoms with Gasteiger partial charge in [0.2, 0.25) is 6.41 Å². The van der Waals surface area contributed by atoms with E-state index >= 15 is 0 Å². The van der Waals surface area contributed by atoms with Crippen LogP contribution in [0.15, 0.2) is 11.1 Å². The number of nitrogens with zero attached hydrogens (tertiary/aromatic N) is 1. The van der Waals surface area contributed by atoms with Crippen molar-refractivity contribution in [3.63, 3.8) is 0 Å². The maximum Gasteiger partial charge on any atom is 0.216 e. The third-order valence-electron chi connectivity index (χ3n) is 4.25. The summed E-state index contributed by atoms with van der Waals surface area (Å²) in [7, 11) is 0. The molecule has 0 heterocycles. The number of aliphatic hydroxyl groups excluding tert-OH is 1. The van der Waals surface area contributed by atoms with Gasteiger partial charge in [0, 0.05) is 24.7 Å². The predicted molar refractivity (Wildman–Crippen MR) is 82.4 cm³/mol. The van der Waals surface area contributed by atoms with E-state index in [1.165, 1.54) is 25.7 Å². The molecule has 20 heavy (non-hydrogen) atoms. The molecule has 0 aromatic carbocycles. The lowest BCUT2D eigenvalue weighted by Crippen LogP contribution is -2.39. The van der Waals surface area contributed by atoms with Crippen molar-refractivity contribution >= 4 is 11.6 Å². The molecule has 116 valence electrons. The fourth-order valence-corrected chi connectivity index (χ4v) is 3.23. The molecule has 0 aromatic heterocycles. The van der Waals surface area contributed by atoms with E-state index in [2.05, 4.69) is 11.0 Å². The first kappa shape index (κ1) is 16.3. The van der Waals surface area contributed by atoms with Crippen LogP contribution >= 0.6 is 11.6 Å². The molecule has 2 rings (SSSR count). The smallest absolute Gasteiger partial charge is 0.216 e. The van der Waals surface area contributed by atoms with E-state index in [-0.39, 0.29) is 0 Å². The molecule has 0 bridgehead atoms. The summed E-state index contributed by atoms with van der Waals surface area (Å²) in [6.07, 6.45) is 9.89. The number of ether oxygens (including phenoxy) is 1. The molecule has 2 aliphatic carbocycles. The van der Waals surface area contributed by atoms with E-state index in [0.29, 0.717) is 12.5 Å². The molecule has 2 aliphatic rings. The third-order valence-corrected chi connectivity index (χ3v) is 4.56. The summed E-state index contributed by atoms with van der Waals surface area (Å²) in [5.74, 6) is 1.40. The minimum atomic E-state index is -0.730. The first-order chi connectivity index (χ1) is 9.69. The summed E-state index contributed by atoms with van der Waals surface area (Å²) in [6.45, 7) is 4.37. The van der Waals surface area contributed by atoms with E-state index in [1.807, 2.05) is 6.92 Å². The molecule has 0 saturated heterocycles. The zero-order valence-electron chi connectivity index (χ0n) is 12.6. The molecule has 0 spiro atoms. The van der Waals surface area contributed by atoms with Gasteiger partial charge in [-0.2, -0.15) is 0 Å². The van der Waals surface area contributed by atoms with Crippen molar-refractivity contribution in [3.8, 4) is 0 Å². The molecule has 0 radical (unpaired) electrons. The topological polar surface area (TPSA) is 32.7 Å². The minimum Gasteiger partial charge on any atom is -0.356 e. The SMILES string of the molecule is CCOC(O)N(CCCC1C=C(Cl)CCC1)CC1CC1. The van der Waals surface area contributed by atoms with E-state index in [9.17, 15) is 5.11 Å². The molecular weight excluding hydrogens is 274 g/mol. The molecule has 0 aliphatic heterocycles. The van der Waals surface area contributed by atoms with Crippen molar-refractivity contribution in [1.82, 2.24) is 4.90 Å². The van der Waals surface area contributed by atoms with Crippen LogP contribution in [0.25, 0.3) is 0 Å². The number of allylic oxidation sites excluding steroid dienone is 2. The van der Waals surface area contributed by atoms with E-state index in [0.717, 1.165) is 43.3 Å². The second-order valence-electron chi connectivity index (χ2n) is 6.13. The van der Waals surface area contributed by atoms with Gasteiger partial charge in [-0.05, 0) is 63.7 Å². The van der Waals surface area contributed by atoms with Gasteiger partial charge in [-0.15, -0.1) is 0 Å². The molecule has 0 amide bonds. The average Bonchev–Trinajstić information content (AvgIpc) is 3.22. The van der Waals surface area contributed by atoms with Gasteiger partial charge in [0.25, 0.3) is 0 Å². The highest BCUT2D eigenvalue weighted by atomic mass is 35.5. The monoisotopic (exact) mass is 301 g/mol. The Balaban J connectivity index is 1.71. The molecule has 2 atom stereocenters. The van der Waals surface area contributed by atoms with Crippen LogP contribution in [0.4, 0.5) is 0 Å². The lowest BCUT2D eigenvalue weighted by molar-refractivity contribution is -0.192. The van der Waals surface area contributed by atoms with Gasteiger partial charge in [-0.1, -0.05) is 17.7 Å². The van der Waals surface area contributed by atoms with Crippen LogP contribution in [-0.4, -0.2) is 36.1 Å². The fraction of sp³-hybridized carbons (Fsp3) is 0.875. The molecule has 0 aromatic rings. The highest BCUT2D eigenvalue weighted by molar-refractivity contribution is 6.29. The summed E-state index contributed by atoms with van der Waals surface area (Å²) in [6, 6.07) is 0. The number of rotatable bonds is 9. The molecular formula is C16H28ClNO2. The molecule has 1 saturated carbocycles. The summed E-state index contributed by atoms with van der Waals surface area (Å²) in [5.41, 5.74) is 0. The summed E-state index contributed by atoms with van der Waals surface area (Å²) >= 11 is 6.11. The zero-order valence-corrected chi connectivity index (χ0v) is 13.3.